The lowest BCUT2D eigenvalue weighted by molar-refractivity contribution is 0.375. The maximum Gasteiger partial charge on any atom is 0.131 e. The molecule has 2 N–H and O–H groups in total. The number of hydrogen-bond donors (Lipinski definition) is 1. The zero-order chi connectivity index (χ0) is 19.5. The van der Waals surface area contributed by atoms with Crippen LogP contribution in [0, 0.1) is 11.7 Å². The lowest BCUT2D eigenvalue weighted by Crippen LogP contribution is -2.25. The van der Waals surface area contributed by atoms with E-state index in [2.05, 4.69) is 43.0 Å². The van der Waals surface area contributed by atoms with Crippen LogP contribution in [0.3, 0.4) is 0 Å². The quantitative estimate of drug-likeness (QED) is 0.574. The van der Waals surface area contributed by atoms with E-state index in [4.69, 9.17) is 5.73 Å². The van der Waals surface area contributed by atoms with Crippen LogP contribution in [-0.4, -0.2) is 6.04 Å². The monoisotopic (exact) mass is 377 g/mol. The molecule has 2 fully saturated rings. The van der Waals surface area contributed by atoms with Crippen molar-refractivity contribution in [3.8, 4) is 11.1 Å². The van der Waals surface area contributed by atoms with Crippen molar-refractivity contribution < 1.29 is 4.39 Å². The van der Waals surface area contributed by atoms with Crippen molar-refractivity contribution in [2.45, 2.75) is 69.2 Å². The molecule has 0 spiro atoms. The third-order valence-corrected chi connectivity index (χ3v) is 7.03. The SMILES string of the molecule is C=CC1CCC(c2ccc(-c3ccc(C4CCC(N)CC4)cc3)c(F)c2)CC1. The van der Waals surface area contributed by atoms with Crippen LogP contribution in [0.25, 0.3) is 11.1 Å². The molecule has 2 aliphatic carbocycles. The molecule has 0 heterocycles. The van der Waals surface area contributed by atoms with Crippen molar-refractivity contribution in [2.24, 2.45) is 11.7 Å². The minimum absolute atomic E-state index is 0.0975. The fourth-order valence-corrected chi connectivity index (χ4v) is 5.10. The molecule has 28 heavy (non-hydrogen) atoms. The molecule has 0 bridgehead atoms. The van der Waals surface area contributed by atoms with Crippen LogP contribution in [0.5, 0.6) is 0 Å². The van der Waals surface area contributed by atoms with Crippen molar-refractivity contribution in [3.05, 3.63) is 72.1 Å². The van der Waals surface area contributed by atoms with E-state index in [1.807, 2.05) is 6.07 Å². The third-order valence-electron chi connectivity index (χ3n) is 7.03. The van der Waals surface area contributed by atoms with E-state index < -0.39 is 0 Å². The van der Waals surface area contributed by atoms with Gasteiger partial charge in [-0.2, -0.15) is 0 Å². The van der Waals surface area contributed by atoms with Gasteiger partial charge in [-0.25, -0.2) is 4.39 Å². The van der Waals surface area contributed by atoms with Crippen LogP contribution in [0.4, 0.5) is 4.39 Å². The van der Waals surface area contributed by atoms with E-state index >= 15 is 0 Å². The summed E-state index contributed by atoms with van der Waals surface area (Å²) in [6.07, 6.45) is 11.2. The Kier molecular flexibility index (Phi) is 5.96. The van der Waals surface area contributed by atoms with E-state index in [1.165, 1.54) is 18.4 Å². The molecule has 4 rings (SSSR count). The Hall–Kier alpha value is -1.93. The van der Waals surface area contributed by atoms with Gasteiger partial charge in [-0.1, -0.05) is 42.5 Å². The zero-order valence-corrected chi connectivity index (χ0v) is 16.7. The van der Waals surface area contributed by atoms with E-state index in [0.717, 1.165) is 49.7 Å². The van der Waals surface area contributed by atoms with Gasteiger partial charge in [-0.15, -0.1) is 6.58 Å². The average Bonchev–Trinajstić information content (AvgIpc) is 2.74. The smallest absolute Gasteiger partial charge is 0.131 e. The van der Waals surface area contributed by atoms with E-state index in [-0.39, 0.29) is 5.82 Å². The summed E-state index contributed by atoms with van der Waals surface area (Å²) >= 11 is 0. The Labute approximate surface area is 168 Å². The second-order valence-electron chi connectivity index (χ2n) is 8.82. The van der Waals surface area contributed by atoms with E-state index in [9.17, 15) is 4.39 Å². The van der Waals surface area contributed by atoms with Gasteiger partial charge in [0.15, 0.2) is 0 Å². The van der Waals surface area contributed by atoms with Crippen LogP contribution >= 0.6 is 0 Å². The highest BCUT2D eigenvalue weighted by atomic mass is 19.1. The molecule has 0 amide bonds. The number of nitrogens with two attached hydrogens (primary N) is 1. The van der Waals surface area contributed by atoms with E-state index in [0.29, 0.717) is 29.4 Å². The summed E-state index contributed by atoms with van der Waals surface area (Å²) in [6.45, 7) is 3.92. The summed E-state index contributed by atoms with van der Waals surface area (Å²) < 4.78 is 14.9. The topological polar surface area (TPSA) is 26.0 Å². The second kappa shape index (κ2) is 8.61. The average molecular weight is 378 g/mol. The lowest BCUT2D eigenvalue weighted by Gasteiger charge is -2.27. The highest BCUT2D eigenvalue weighted by Crippen LogP contribution is 2.38. The maximum atomic E-state index is 14.9. The summed E-state index contributed by atoms with van der Waals surface area (Å²) in [5, 5.41) is 0. The summed E-state index contributed by atoms with van der Waals surface area (Å²) in [5.41, 5.74) is 10.2. The van der Waals surface area contributed by atoms with Crippen molar-refractivity contribution in [1.82, 2.24) is 0 Å². The largest absolute Gasteiger partial charge is 0.328 e. The van der Waals surface area contributed by atoms with Gasteiger partial charge < -0.3 is 5.73 Å². The molecule has 2 aliphatic rings. The Balaban J connectivity index is 1.46. The van der Waals surface area contributed by atoms with Crippen LogP contribution < -0.4 is 5.73 Å². The van der Waals surface area contributed by atoms with Crippen molar-refractivity contribution in [3.63, 3.8) is 0 Å². The van der Waals surface area contributed by atoms with Gasteiger partial charge in [0.1, 0.15) is 5.82 Å². The van der Waals surface area contributed by atoms with Crippen molar-refractivity contribution >= 4 is 0 Å². The molecule has 0 aliphatic heterocycles. The van der Waals surface area contributed by atoms with Crippen LogP contribution in [0.1, 0.15) is 74.3 Å². The van der Waals surface area contributed by atoms with Crippen LogP contribution in [0.2, 0.25) is 0 Å². The summed E-state index contributed by atoms with van der Waals surface area (Å²) in [6, 6.07) is 14.8. The highest BCUT2D eigenvalue weighted by molar-refractivity contribution is 5.65. The number of hydrogen-bond acceptors (Lipinski definition) is 1. The molecular weight excluding hydrogens is 345 g/mol. The van der Waals surface area contributed by atoms with Gasteiger partial charge in [-0.3, -0.25) is 0 Å². The first-order valence-corrected chi connectivity index (χ1v) is 10.9. The highest BCUT2D eigenvalue weighted by Gasteiger charge is 2.22. The molecule has 0 unspecified atom stereocenters. The fraction of sp³-hybridized carbons (Fsp3) is 0.462. The van der Waals surface area contributed by atoms with Gasteiger partial charge in [0.2, 0.25) is 0 Å². The molecule has 0 aromatic heterocycles. The van der Waals surface area contributed by atoms with E-state index in [1.54, 1.807) is 6.07 Å². The van der Waals surface area contributed by atoms with Gasteiger partial charge in [0.05, 0.1) is 0 Å². The van der Waals surface area contributed by atoms with Crippen molar-refractivity contribution in [1.29, 1.82) is 0 Å². The molecule has 0 atom stereocenters. The Morgan fingerprint density at radius 2 is 1.36 bits per heavy atom. The second-order valence-corrected chi connectivity index (χ2v) is 8.82. The zero-order valence-electron chi connectivity index (χ0n) is 16.7. The molecule has 2 saturated carbocycles. The standard InChI is InChI=1S/C26H32FN/c1-2-18-3-5-21(6-4-18)23-13-16-25(26(27)17-23)22-9-7-19(8-10-22)20-11-14-24(28)15-12-20/h2,7-10,13,16-18,20-21,24H,1,3-6,11-12,14-15,28H2. The Morgan fingerprint density at radius 1 is 0.786 bits per heavy atom. The molecule has 148 valence electrons. The molecule has 0 radical (unpaired) electrons. The molecule has 0 saturated heterocycles. The third kappa shape index (κ3) is 4.22. The van der Waals surface area contributed by atoms with Crippen LogP contribution in [-0.2, 0) is 0 Å². The number of benzene rings is 2. The number of halogens is 1. The predicted molar refractivity (Wildman–Crippen MR) is 116 cm³/mol. The van der Waals surface area contributed by atoms with Crippen molar-refractivity contribution in [2.75, 3.05) is 0 Å². The summed E-state index contributed by atoms with van der Waals surface area (Å²) in [7, 11) is 0. The molecule has 2 aromatic carbocycles. The predicted octanol–water partition coefficient (Wildman–Crippen LogP) is 6.94. The minimum Gasteiger partial charge on any atom is -0.328 e. The number of rotatable bonds is 4. The first-order valence-electron chi connectivity index (χ1n) is 10.9. The normalized spacial score (nSPS) is 28.1. The van der Waals surface area contributed by atoms with Gasteiger partial charge in [0, 0.05) is 11.6 Å². The fourth-order valence-electron chi connectivity index (χ4n) is 5.10. The summed E-state index contributed by atoms with van der Waals surface area (Å²) in [4.78, 5) is 0. The summed E-state index contributed by atoms with van der Waals surface area (Å²) in [5.74, 6) is 1.63. The minimum atomic E-state index is -0.0975. The van der Waals surface area contributed by atoms with Gasteiger partial charge in [0.25, 0.3) is 0 Å². The van der Waals surface area contributed by atoms with Crippen LogP contribution in [0.15, 0.2) is 55.1 Å². The first kappa shape index (κ1) is 19.4. The maximum absolute atomic E-state index is 14.9. The van der Waals surface area contributed by atoms with Gasteiger partial charge in [-0.05, 0) is 91.9 Å². The lowest BCUT2D eigenvalue weighted by atomic mass is 9.78. The van der Waals surface area contributed by atoms with Gasteiger partial charge >= 0.3 is 0 Å². The Bertz CT molecular complexity index is 794. The first-order chi connectivity index (χ1) is 13.6. The molecule has 2 aromatic rings. The molecule has 2 heteroatoms. The molecular formula is C26H32FN. The molecule has 1 nitrogen and oxygen atoms in total. The number of allylic oxidation sites excluding steroid dienone is 1. The Morgan fingerprint density at radius 3 is 1.96 bits per heavy atom.